The average molecular weight is 258 g/mol. The van der Waals surface area contributed by atoms with E-state index in [-0.39, 0.29) is 12.6 Å². The van der Waals surface area contributed by atoms with Gasteiger partial charge in [-0.1, -0.05) is 0 Å². The molecule has 2 rings (SSSR count). The van der Waals surface area contributed by atoms with E-state index in [0.717, 1.165) is 0 Å². The zero-order chi connectivity index (χ0) is 13.5. The molecular formula is C10H18N4O4. The lowest BCUT2D eigenvalue weighted by Gasteiger charge is -2.40. The van der Waals surface area contributed by atoms with Crippen LogP contribution in [0.1, 0.15) is 20.3 Å². The van der Waals surface area contributed by atoms with E-state index in [2.05, 4.69) is 10.7 Å². The molecule has 0 saturated carbocycles. The van der Waals surface area contributed by atoms with Crippen LogP contribution < -0.4 is 16.6 Å². The van der Waals surface area contributed by atoms with E-state index in [1.165, 1.54) is 4.90 Å². The highest BCUT2D eigenvalue weighted by Crippen LogP contribution is 2.26. The zero-order valence-electron chi connectivity index (χ0n) is 10.3. The molecule has 3 amide bonds. The molecule has 102 valence electrons. The third-order valence-electron chi connectivity index (χ3n) is 3.49. The Labute approximate surface area is 104 Å². The normalized spacial score (nSPS) is 41.1. The number of nitrogens with one attached hydrogen (secondary N) is 2. The number of aliphatic hydroxyl groups is 1. The van der Waals surface area contributed by atoms with Gasteiger partial charge in [0.25, 0.3) is 5.91 Å². The highest BCUT2D eigenvalue weighted by Gasteiger charge is 2.46. The molecular weight excluding hydrogens is 240 g/mol. The first-order chi connectivity index (χ1) is 8.37. The molecule has 2 saturated heterocycles. The summed E-state index contributed by atoms with van der Waals surface area (Å²) in [6, 6.07) is -0.529. The summed E-state index contributed by atoms with van der Waals surface area (Å²) in [4.78, 5) is 24.8. The minimum atomic E-state index is -1.06. The number of nitrogens with two attached hydrogens (primary N) is 1. The van der Waals surface area contributed by atoms with Crippen LogP contribution in [0.25, 0.3) is 0 Å². The van der Waals surface area contributed by atoms with Crippen LogP contribution in [0.15, 0.2) is 0 Å². The second-order valence-corrected chi connectivity index (χ2v) is 4.96. The Balaban J connectivity index is 2.13. The van der Waals surface area contributed by atoms with Gasteiger partial charge in [0.1, 0.15) is 11.8 Å². The summed E-state index contributed by atoms with van der Waals surface area (Å²) in [7, 11) is 0. The van der Waals surface area contributed by atoms with Crippen molar-refractivity contribution in [3.05, 3.63) is 0 Å². The van der Waals surface area contributed by atoms with Crippen LogP contribution in [0.3, 0.4) is 0 Å². The summed E-state index contributed by atoms with van der Waals surface area (Å²) in [6.45, 7) is 3.42. The van der Waals surface area contributed by atoms with Crippen LogP contribution in [-0.4, -0.2) is 52.5 Å². The lowest BCUT2D eigenvalue weighted by atomic mass is 9.99. The number of carbonyl (C=O) groups excluding carboxylic acids is 2. The first-order valence-electron chi connectivity index (χ1n) is 5.81. The number of carbonyl (C=O) groups is 2. The van der Waals surface area contributed by atoms with Crippen molar-refractivity contribution in [1.82, 2.24) is 15.6 Å². The van der Waals surface area contributed by atoms with E-state index in [9.17, 15) is 14.7 Å². The smallest absolute Gasteiger partial charge is 0.326 e. The predicted molar refractivity (Wildman–Crippen MR) is 60.9 cm³/mol. The lowest BCUT2D eigenvalue weighted by Crippen LogP contribution is -2.71. The third kappa shape index (κ3) is 2.07. The number of nitrogens with zero attached hydrogens (tertiary/aromatic N) is 1. The number of imide groups is 1. The fourth-order valence-electron chi connectivity index (χ4n) is 2.13. The molecule has 2 fully saturated rings. The Morgan fingerprint density at radius 3 is 2.78 bits per heavy atom. The summed E-state index contributed by atoms with van der Waals surface area (Å²) in [5, 5.41) is 11.9. The van der Waals surface area contributed by atoms with Gasteiger partial charge in [0, 0.05) is 6.42 Å². The van der Waals surface area contributed by atoms with E-state index in [4.69, 9.17) is 10.6 Å². The molecule has 0 aromatic rings. The summed E-state index contributed by atoms with van der Waals surface area (Å²) >= 11 is 0. The van der Waals surface area contributed by atoms with Gasteiger partial charge in [-0.25, -0.2) is 10.2 Å². The highest BCUT2D eigenvalue weighted by atomic mass is 16.5. The van der Waals surface area contributed by atoms with Crippen LogP contribution >= 0.6 is 0 Å². The number of rotatable bonds is 2. The summed E-state index contributed by atoms with van der Waals surface area (Å²) in [5.74, 6) is 4.88. The van der Waals surface area contributed by atoms with Crippen molar-refractivity contribution >= 4 is 11.9 Å². The van der Waals surface area contributed by atoms with Crippen molar-refractivity contribution in [2.75, 3.05) is 6.54 Å². The zero-order valence-corrected chi connectivity index (χ0v) is 10.3. The fourth-order valence-corrected chi connectivity index (χ4v) is 2.13. The molecule has 0 radical (unpaired) electrons. The monoisotopic (exact) mass is 258 g/mol. The van der Waals surface area contributed by atoms with E-state index >= 15 is 0 Å². The number of aliphatic hydroxyl groups excluding tert-OH is 1. The minimum absolute atomic E-state index is 0.0955. The maximum absolute atomic E-state index is 11.8. The molecule has 0 aromatic heterocycles. The summed E-state index contributed by atoms with van der Waals surface area (Å²) in [6.07, 6.45) is -1.17. The Hall–Kier alpha value is -1.22. The second kappa shape index (κ2) is 4.47. The van der Waals surface area contributed by atoms with Crippen molar-refractivity contribution in [3.63, 3.8) is 0 Å². The van der Waals surface area contributed by atoms with Crippen LogP contribution in [-0.2, 0) is 9.53 Å². The van der Waals surface area contributed by atoms with Gasteiger partial charge in [0.05, 0.1) is 18.8 Å². The van der Waals surface area contributed by atoms with Crippen LogP contribution in [0.4, 0.5) is 4.79 Å². The lowest BCUT2D eigenvalue weighted by molar-refractivity contribution is -0.131. The van der Waals surface area contributed by atoms with Crippen LogP contribution in [0, 0.1) is 0 Å². The molecule has 18 heavy (non-hydrogen) atoms. The van der Waals surface area contributed by atoms with Gasteiger partial charge in [-0.05, 0) is 13.8 Å². The van der Waals surface area contributed by atoms with E-state index < -0.39 is 29.8 Å². The molecule has 0 aliphatic carbocycles. The molecule has 4 atom stereocenters. The Bertz CT molecular complexity index is 367. The van der Waals surface area contributed by atoms with Gasteiger partial charge >= 0.3 is 6.03 Å². The van der Waals surface area contributed by atoms with Gasteiger partial charge in [-0.2, -0.15) is 0 Å². The second-order valence-electron chi connectivity index (χ2n) is 4.96. The molecule has 2 aliphatic heterocycles. The highest BCUT2D eigenvalue weighted by molar-refractivity contribution is 6.02. The SMILES string of the molecule is C[C@H]1O[C@@H](N2CC(C)(NN)C(=O)NC2=O)C[C@@H]1O. The van der Waals surface area contributed by atoms with Gasteiger partial charge < -0.3 is 9.84 Å². The number of hydrogen-bond acceptors (Lipinski definition) is 6. The molecule has 0 bridgehead atoms. The van der Waals surface area contributed by atoms with Crippen molar-refractivity contribution in [1.29, 1.82) is 0 Å². The molecule has 8 nitrogen and oxygen atoms in total. The maximum atomic E-state index is 11.8. The Morgan fingerprint density at radius 1 is 1.61 bits per heavy atom. The van der Waals surface area contributed by atoms with Crippen molar-refractivity contribution in [2.24, 2.45) is 5.84 Å². The Morgan fingerprint density at radius 2 is 2.28 bits per heavy atom. The molecule has 2 aliphatic rings. The molecule has 5 N–H and O–H groups in total. The number of hydrazine groups is 1. The summed E-state index contributed by atoms with van der Waals surface area (Å²) in [5.41, 5.74) is 1.34. The van der Waals surface area contributed by atoms with Gasteiger partial charge in [-0.15, -0.1) is 0 Å². The largest absolute Gasteiger partial charge is 0.390 e. The van der Waals surface area contributed by atoms with E-state index in [1.54, 1.807) is 13.8 Å². The molecule has 8 heteroatoms. The fraction of sp³-hybridized carbons (Fsp3) is 0.800. The summed E-state index contributed by atoms with van der Waals surface area (Å²) < 4.78 is 5.49. The van der Waals surface area contributed by atoms with Crippen LogP contribution in [0.2, 0.25) is 0 Å². The van der Waals surface area contributed by atoms with Crippen molar-refractivity contribution in [2.45, 2.75) is 44.2 Å². The standard InChI is InChI=1S/C10H18N4O4/c1-5-6(15)3-7(18-5)14-4-10(2,13-11)8(16)12-9(14)17/h5-7,13,15H,3-4,11H2,1-2H3,(H,12,16,17)/t5-,6+,7-,10?/m1/s1. The minimum Gasteiger partial charge on any atom is -0.390 e. The number of hydrogen-bond donors (Lipinski definition) is 4. The molecule has 0 spiro atoms. The molecule has 2 heterocycles. The van der Waals surface area contributed by atoms with Crippen molar-refractivity contribution < 1.29 is 19.4 Å². The van der Waals surface area contributed by atoms with Crippen molar-refractivity contribution in [3.8, 4) is 0 Å². The van der Waals surface area contributed by atoms with E-state index in [0.29, 0.717) is 6.42 Å². The van der Waals surface area contributed by atoms with Gasteiger partial charge in [0.2, 0.25) is 0 Å². The first kappa shape index (κ1) is 13.2. The van der Waals surface area contributed by atoms with Crippen LogP contribution in [0.5, 0.6) is 0 Å². The predicted octanol–water partition coefficient (Wildman–Crippen LogP) is -1.74. The van der Waals surface area contributed by atoms with Gasteiger partial charge in [-0.3, -0.25) is 20.9 Å². The molecule has 1 unspecified atom stereocenters. The maximum Gasteiger partial charge on any atom is 0.326 e. The Kier molecular flexibility index (Phi) is 3.28. The third-order valence-corrected chi connectivity index (χ3v) is 3.49. The number of urea groups is 1. The number of amides is 3. The first-order valence-corrected chi connectivity index (χ1v) is 5.81. The average Bonchev–Trinajstić information content (AvgIpc) is 2.64. The number of ether oxygens (including phenoxy) is 1. The quantitative estimate of drug-likeness (QED) is 0.345. The van der Waals surface area contributed by atoms with Gasteiger partial charge in [0.15, 0.2) is 0 Å². The molecule has 0 aromatic carbocycles. The van der Waals surface area contributed by atoms with E-state index in [1.807, 2.05) is 0 Å². The topological polar surface area (TPSA) is 117 Å².